The highest BCUT2D eigenvalue weighted by atomic mass is 16.5. The summed E-state index contributed by atoms with van der Waals surface area (Å²) in [6.07, 6.45) is 10.1. The Hall–Kier alpha value is -1.22. The fourth-order valence-electron chi connectivity index (χ4n) is 9.29. The highest BCUT2D eigenvalue weighted by Crippen LogP contribution is 2.61. The normalized spacial score (nSPS) is 41.5. The predicted octanol–water partition coefficient (Wildman–Crippen LogP) is 3.88. The Morgan fingerprint density at radius 2 is 1.98 bits per heavy atom. The molecule has 4 fully saturated rings. The first-order chi connectivity index (χ1) is 19.3. The van der Waals surface area contributed by atoms with E-state index >= 15 is 0 Å². The molecule has 224 valence electrons. The Balaban J connectivity index is 0.881. The van der Waals surface area contributed by atoms with Gasteiger partial charge in [-0.05, 0) is 123 Å². The van der Waals surface area contributed by atoms with Crippen molar-refractivity contribution in [2.24, 2.45) is 23.2 Å². The lowest BCUT2D eigenvalue weighted by Crippen LogP contribution is -2.51. The van der Waals surface area contributed by atoms with Crippen molar-refractivity contribution in [3.63, 3.8) is 0 Å². The molecule has 0 amide bonds. The molecule has 7 heteroatoms. The lowest BCUT2D eigenvalue weighted by atomic mass is 9.55. The van der Waals surface area contributed by atoms with Gasteiger partial charge in [-0.15, -0.1) is 0 Å². The molecule has 4 aliphatic carbocycles. The van der Waals surface area contributed by atoms with Gasteiger partial charge in [-0.3, -0.25) is 0 Å². The summed E-state index contributed by atoms with van der Waals surface area (Å²) in [7, 11) is 0. The number of phenols is 1. The molecule has 5 aliphatic rings. The zero-order chi connectivity index (χ0) is 27.9. The molecular formula is C33H52N2O5. The van der Waals surface area contributed by atoms with Gasteiger partial charge in [0.2, 0.25) is 0 Å². The van der Waals surface area contributed by atoms with E-state index in [1.807, 2.05) is 12.1 Å². The van der Waals surface area contributed by atoms with Crippen LogP contribution in [-0.4, -0.2) is 78.1 Å². The third-order valence-corrected chi connectivity index (χ3v) is 11.6. The van der Waals surface area contributed by atoms with Crippen LogP contribution in [0.1, 0.15) is 88.7 Å². The van der Waals surface area contributed by atoms with Crippen molar-refractivity contribution in [2.75, 3.05) is 26.3 Å². The molecule has 1 heterocycles. The van der Waals surface area contributed by atoms with Crippen LogP contribution in [0.15, 0.2) is 18.2 Å². The van der Waals surface area contributed by atoms with E-state index < -0.39 is 12.2 Å². The summed E-state index contributed by atoms with van der Waals surface area (Å²) in [6.45, 7) is 7.57. The Morgan fingerprint density at radius 1 is 1.12 bits per heavy atom. The summed E-state index contributed by atoms with van der Waals surface area (Å²) < 4.78 is 12.2. The van der Waals surface area contributed by atoms with Crippen LogP contribution in [0.2, 0.25) is 0 Å². The summed E-state index contributed by atoms with van der Waals surface area (Å²) in [5, 5.41) is 37.2. The smallest absolute Gasteiger partial charge is 0.115 e. The number of benzene rings is 1. The summed E-state index contributed by atoms with van der Waals surface area (Å²) in [6, 6.07) is 7.06. The van der Waals surface area contributed by atoms with E-state index in [1.54, 1.807) is 0 Å². The van der Waals surface area contributed by atoms with E-state index in [0.29, 0.717) is 54.8 Å². The molecule has 40 heavy (non-hydrogen) atoms. The Kier molecular flexibility index (Phi) is 8.79. The molecule has 9 atom stereocenters. The lowest BCUT2D eigenvalue weighted by Gasteiger charge is -2.50. The van der Waals surface area contributed by atoms with Crippen LogP contribution < -0.4 is 10.6 Å². The molecule has 6 rings (SSSR count). The summed E-state index contributed by atoms with van der Waals surface area (Å²) in [5.74, 6) is 3.32. The second-order valence-electron chi connectivity index (χ2n) is 14.1. The molecular weight excluding hydrogens is 504 g/mol. The van der Waals surface area contributed by atoms with Crippen LogP contribution in [0.3, 0.4) is 0 Å². The van der Waals surface area contributed by atoms with E-state index in [-0.39, 0.29) is 6.10 Å². The molecule has 1 saturated heterocycles. The predicted molar refractivity (Wildman–Crippen MR) is 155 cm³/mol. The largest absolute Gasteiger partial charge is 0.508 e. The van der Waals surface area contributed by atoms with E-state index in [2.05, 4.69) is 30.5 Å². The number of hydrogen-bond donors (Lipinski definition) is 5. The third kappa shape index (κ3) is 5.84. The minimum Gasteiger partial charge on any atom is -0.508 e. The molecule has 9 unspecified atom stereocenters. The summed E-state index contributed by atoms with van der Waals surface area (Å²) >= 11 is 0. The molecule has 0 bridgehead atoms. The maximum Gasteiger partial charge on any atom is 0.115 e. The first-order valence-electron chi connectivity index (χ1n) is 16.2. The second kappa shape index (κ2) is 12.2. The summed E-state index contributed by atoms with van der Waals surface area (Å²) in [4.78, 5) is 0. The van der Waals surface area contributed by atoms with Crippen LogP contribution >= 0.6 is 0 Å². The van der Waals surface area contributed by atoms with Crippen molar-refractivity contribution in [1.29, 1.82) is 0 Å². The zero-order valence-electron chi connectivity index (χ0n) is 24.6. The fourth-order valence-corrected chi connectivity index (χ4v) is 9.29. The van der Waals surface area contributed by atoms with E-state index in [9.17, 15) is 15.3 Å². The highest BCUT2D eigenvalue weighted by Gasteiger charge is 2.55. The van der Waals surface area contributed by atoms with E-state index in [0.717, 1.165) is 43.7 Å². The number of aromatic hydroxyl groups is 1. The molecule has 1 aromatic carbocycles. The average Bonchev–Trinajstić information content (AvgIpc) is 3.26. The average molecular weight is 557 g/mol. The molecule has 7 nitrogen and oxygen atoms in total. The van der Waals surface area contributed by atoms with Crippen molar-refractivity contribution >= 4 is 0 Å². The number of rotatable bonds is 10. The van der Waals surface area contributed by atoms with Gasteiger partial charge in [0.1, 0.15) is 11.9 Å². The van der Waals surface area contributed by atoms with Crippen molar-refractivity contribution < 1.29 is 24.8 Å². The number of aliphatic hydroxyl groups excluding tert-OH is 2. The van der Waals surface area contributed by atoms with Gasteiger partial charge in [-0.2, -0.15) is 0 Å². The van der Waals surface area contributed by atoms with Gasteiger partial charge in [0.15, 0.2) is 0 Å². The first-order valence-corrected chi connectivity index (χ1v) is 16.2. The fraction of sp³-hybridized carbons (Fsp3) is 0.818. The van der Waals surface area contributed by atoms with E-state index in [1.165, 1.54) is 56.1 Å². The molecule has 0 aromatic heterocycles. The standard InChI is InChI=1S/C33H52N2O5/c1-20(35-19-30-32(38)29(37)10-13-39-30)15-21-16-23(17-21)34-12-14-40-31-8-7-28-27-5-3-22-18-24(36)4-6-25(22)26(27)9-11-33(28,31)2/h4,6,18,20-21,23,26-32,34-38H,3,5,7-17,19H2,1-2H3. The van der Waals surface area contributed by atoms with Gasteiger partial charge < -0.3 is 35.4 Å². The van der Waals surface area contributed by atoms with Gasteiger partial charge in [0.05, 0.1) is 24.9 Å². The summed E-state index contributed by atoms with van der Waals surface area (Å²) in [5.41, 5.74) is 3.18. The van der Waals surface area contributed by atoms with Crippen LogP contribution in [0, 0.1) is 23.2 Å². The van der Waals surface area contributed by atoms with Crippen LogP contribution in [0.25, 0.3) is 0 Å². The quantitative estimate of drug-likeness (QED) is 0.279. The van der Waals surface area contributed by atoms with Crippen molar-refractivity contribution in [2.45, 2.75) is 120 Å². The minimum absolute atomic E-state index is 0.303. The number of fused-ring (bicyclic) bond motifs is 5. The maximum atomic E-state index is 10.1. The van der Waals surface area contributed by atoms with Gasteiger partial charge in [0, 0.05) is 31.8 Å². The van der Waals surface area contributed by atoms with Crippen LogP contribution in [0.5, 0.6) is 5.75 Å². The van der Waals surface area contributed by atoms with Crippen LogP contribution in [-0.2, 0) is 15.9 Å². The van der Waals surface area contributed by atoms with Crippen molar-refractivity contribution in [1.82, 2.24) is 10.6 Å². The maximum absolute atomic E-state index is 10.1. The Bertz CT molecular complexity index is 1000. The van der Waals surface area contributed by atoms with Crippen molar-refractivity contribution in [3.05, 3.63) is 29.3 Å². The topological polar surface area (TPSA) is 103 Å². The lowest BCUT2D eigenvalue weighted by molar-refractivity contribution is -0.133. The van der Waals surface area contributed by atoms with E-state index in [4.69, 9.17) is 9.47 Å². The number of hydrogen-bond acceptors (Lipinski definition) is 7. The highest BCUT2D eigenvalue weighted by molar-refractivity contribution is 5.40. The Labute approximate surface area is 240 Å². The van der Waals surface area contributed by atoms with Gasteiger partial charge in [-0.1, -0.05) is 13.0 Å². The van der Waals surface area contributed by atoms with Gasteiger partial charge in [-0.25, -0.2) is 0 Å². The molecule has 3 saturated carbocycles. The Morgan fingerprint density at radius 3 is 2.83 bits per heavy atom. The molecule has 1 aliphatic heterocycles. The van der Waals surface area contributed by atoms with Crippen LogP contribution in [0.4, 0.5) is 0 Å². The second-order valence-corrected chi connectivity index (χ2v) is 14.1. The number of ether oxygens (including phenoxy) is 2. The molecule has 5 N–H and O–H groups in total. The number of nitrogens with one attached hydrogen (secondary N) is 2. The SMILES string of the molecule is CC(CC1CC(NCCOC2CCC3C4CCc5cc(O)ccc5C4CCC23C)C1)NCC1OCCC(O)C1O. The van der Waals surface area contributed by atoms with Crippen molar-refractivity contribution in [3.8, 4) is 5.75 Å². The third-order valence-electron chi connectivity index (χ3n) is 11.6. The number of aryl methyl sites for hydroxylation is 1. The first kappa shape index (κ1) is 28.9. The minimum atomic E-state index is -0.790. The number of aliphatic hydroxyl groups is 2. The molecule has 0 radical (unpaired) electrons. The molecule has 1 aromatic rings. The monoisotopic (exact) mass is 556 g/mol. The van der Waals surface area contributed by atoms with Gasteiger partial charge in [0.25, 0.3) is 0 Å². The molecule has 0 spiro atoms. The zero-order valence-corrected chi connectivity index (χ0v) is 24.6. The van der Waals surface area contributed by atoms with Gasteiger partial charge >= 0.3 is 0 Å². The number of phenolic OH excluding ortho intramolecular Hbond substituents is 1.